The van der Waals surface area contributed by atoms with Crippen LogP contribution in [0.3, 0.4) is 0 Å². The summed E-state index contributed by atoms with van der Waals surface area (Å²) in [4.78, 5) is 12.4. The maximum atomic E-state index is 12.4. The molecule has 2 heteroatoms. The Hall–Kier alpha value is -2.09. The first-order chi connectivity index (χ1) is 10.1. The number of carbonyl (C=O) groups is 1. The molecule has 1 N–H and O–H groups in total. The molecule has 0 radical (unpaired) electrons. The van der Waals surface area contributed by atoms with Crippen LogP contribution >= 0.6 is 0 Å². The van der Waals surface area contributed by atoms with Crippen LogP contribution in [0.1, 0.15) is 45.5 Å². The van der Waals surface area contributed by atoms with Crippen molar-refractivity contribution in [3.63, 3.8) is 0 Å². The van der Waals surface area contributed by atoms with Crippen LogP contribution in [0.4, 0.5) is 5.69 Å². The van der Waals surface area contributed by atoms with Crippen molar-refractivity contribution in [1.82, 2.24) is 0 Å². The van der Waals surface area contributed by atoms with E-state index in [4.69, 9.17) is 0 Å². The quantitative estimate of drug-likeness (QED) is 0.865. The van der Waals surface area contributed by atoms with Gasteiger partial charge in [-0.15, -0.1) is 0 Å². The number of fused-ring (bicyclic) bond motifs is 1. The molecule has 0 unspecified atom stereocenters. The molecule has 0 heterocycles. The van der Waals surface area contributed by atoms with Crippen LogP contribution in [0.5, 0.6) is 0 Å². The maximum absolute atomic E-state index is 12.4. The number of anilines is 1. The predicted octanol–water partition coefficient (Wildman–Crippen LogP) is 4.43. The number of amides is 1. The molecule has 0 aromatic heterocycles. The average molecular weight is 279 g/mol. The Kier molecular flexibility index (Phi) is 3.78. The van der Waals surface area contributed by atoms with Gasteiger partial charge >= 0.3 is 0 Å². The van der Waals surface area contributed by atoms with E-state index in [9.17, 15) is 4.79 Å². The van der Waals surface area contributed by atoms with Gasteiger partial charge in [0, 0.05) is 11.3 Å². The van der Waals surface area contributed by atoms with Crippen LogP contribution in [-0.2, 0) is 12.8 Å². The second-order valence-electron chi connectivity index (χ2n) is 5.96. The van der Waals surface area contributed by atoms with Crippen molar-refractivity contribution in [2.45, 2.75) is 39.5 Å². The average Bonchev–Trinajstić information content (AvgIpc) is 2.49. The maximum Gasteiger partial charge on any atom is 0.255 e. The molecule has 2 aromatic rings. The lowest BCUT2D eigenvalue weighted by Gasteiger charge is -2.16. The highest BCUT2D eigenvalue weighted by molar-refractivity contribution is 6.04. The summed E-state index contributed by atoms with van der Waals surface area (Å²) in [6.45, 7) is 4.08. The van der Waals surface area contributed by atoms with Crippen LogP contribution in [0, 0.1) is 13.8 Å². The third-order valence-electron chi connectivity index (χ3n) is 4.24. The zero-order valence-electron chi connectivity index (χ0n) is 12.7. The van der Waals surface area contributed by atoms with Crippen molar-refractivity contribution in [2.24, 2.45) is 0 Å². The highest BCUT2D eigenvalue weighted by Crippen LogP contribution is 2.23. The second kappa shape index (κ2) is 5.72. The Bertz CT molecular complexity index is 688. The molecule has 0 saturated carbocycles. The molecular weight excluding hydrogens is 258 g/mol. The van der Waals surface area contributed by atoms with Crippen LogP contribution in [-0.4, -0.2) is 5.91 Å². The monoisotopic (exact) mass is 279 g/mol. The van der Waals surface area contributed by atoms with Gasteiger partial charge in [-0.2, -0.15) is 0 Å². The number of aryl methyl sites for hydroxylation is 4. The Morgan fingerprint density at radius 1 is 0.952 bits per heavy atom. The largest absolute Gasteiger partial charge is 0.322 e. The van der Waals surface area contributed by atoms with Crippen molar-refractivity contribution in [1.29, 1.82) is 0 Å². The first-order valence-electron chi connectivity index (χ1n) is 7.64. The SMILES string of the molecule is Cc1ccc(NC(=O)c2ccc3c(c2)CCCC3)c(C)c1. The van der Waals surface area contributed by atoms with E-state index in [1.807, 2.05) is 25.1 Å². The summed E-state index contributed by atoms with van der Waals surface area (Å²) >= 11 is 0. The highest BCUT2D eigenvalue weighted by Gasteiger charge is 2.13. The van der Waals surface area contributed by atoms with Crippen molar-refractivity contribution in [2.75, 3.05) is 5.32 Å². The van der Waals surface area contributed by atoms with E-state index in [2.05, 4.69) is 30.4 Å². The highest BCUT2D eigenvalue weighted by atomic mass is 16.1. The standard InChI is InChI=1S/C19H21NO/c1-13-7-10-18(14(2)11-13)20-19(21)17-9-8-15-5-3-4-6-16(15)12-17/h7-12H,3-6H2,1-2H3,(H,20,21). The molecule has 108 valence electrons. The Balaban J connectivity index is 1.82. The zero-order chi connectivity index (χ0) is 14.8. The predicted molar refractivity (Wildman–Crippen MR) is 87.0 cm³/mol. The van der Waals surface area contributed by atoms with Crippen molar-refractivity contribution < 1.29 is 4.79 Å². The molecule has 2 nitrogen and oxygen atoms in total. The van der Waals surface area contributed by atoms with Gasteiger partial charge in [0.2, 0.25) is 0 Å². The van der Waals surface area contributed by atoms with E-state index < -0.39 is 0 Å². The molecule has 0 aliphatic heterocycles. The summed E-state index contributed by atoms with van der Waals surface area (Å²) in [5.74, 6) is -0.0182. The first-order valence-corrected chi connectivity index (χ1v) is 7.64. The van der Waals surface area contributed by atoms with Gasteiger partial charge in [0.05, 0.1) is 0 Å². The van der Waals surface area contributed by atoms with Gasteiger partial charge in [0.25, 0.3) is 5.91 Å². The molecule has 0 atom stereocenters. The normalized spacial score (nSPS) is 13.6. The van der Waals surface area contributed by atoms with Crippen LogP contribution in [0.25, 0.3) is 0 Å². The summed E-state index contributed by atoms with van der Waals surface area (Å²) in [7, 11) is 0. The van der Waals surface area contributed by atoms with Gasteiger partial charge in [0.1, 0.15) is 0 Å². The molecular formula is C19H21NO. The van der Waals surface area contributed by atoms with E-state index in [1.54, 1.807) is 0 Å². The number of hydrogen-bond acceptors (Lipinski definition) is 1. The van der Waals surface area contributed by atoms with Gasteiger partial charge in [-0.3, -0.25) is 4.79 Å². The van der Waals surface area contributed by atoms with Crippen molar-refractivity contribution in [3.05, 3.63) is 64.2 Å². The lowest BCUT2D eigenvalue weighted by Crippen LogP contribution is -2.14. The van der Waals surface area contributed by atoms with E-state index in [0.717, 1.165) is 29.7 Å². The van der Waals surface area contributed by atoms with Gasteiger partial charge < -0.3 is 5.32 Å². The van der Waals surface area contributed by atoms with Crippen LogP contribution in [0.15, 0.2) is 36.4 Å². The molecule has 21 heavy (non-hydrogen) atoms. The third kappa shape index (κ3) is 2.99. The Labute approximate surface area is 126 Å². The van der Waals surface area contributed by atoms with Gasteiger partial charge in [-0.05, 0) is 74.4 Å². The molecule has 1 amide bonds. The molecule has 0 bridgehead atoms. The molecule has 2 aromatic carbocycles. The third-order valence-corrected chi connectivity index (χ3v) is 4.24. The smallest absolute Gasteiger partial charge is 0.255 e. The zero-order valence-corrected chi connectivity index (χ0v) is 12.7. The summed E-state index contributed by atoms with van der Waals surface area (Å²) in [5, 5.41) is 3.02. The van der Waals surface area contributed by atoms with E-state index in [-0.39, 0.29) is 5.91 Å². The molecule has 0 fully saturated rings. The van der Waals surface area contributed by atoms with E-state index in [1.165, 1.54) is 29.5 Å². The first kappa shape index (κ1) is 13.9. The lowest BCUT2D eigenvalue weighted by molar-refractivity contribution is 0.102. The summed E-state index contributed by atoms with van der Waals surface area (Å²) in [5.41, 5.74) is 6.71. The van der Waals surface area contributed by atoms with Gasteiger partial charge in [-0.1, -0.05) is 23.8 Å². The fourth-order valence-electron chi connectivity index (χ4n) is 3.02. The molecule has 1 aliphatic rings. The van der Waals surface area contributed by atoms with Gasteiger partial charge in [-0.25, -0.2) is 0 Å². The minimum absolute atomic E-state index is 0.0182. The number of benzene rings is 2. The van der Waals surface area contributed by atoms with Gasteiger partial charge in [0.15, 0.2) is 0 Å². The lowest BCUT2D eigenvalue weighted by atomic mass is 9.90. The minimum atomic E-state index is -0.0182. The Morgan fingerprint density at radius 2 is 1.71 bits per heavy atom. The number of nitrogens with one attached hydrogen (secondary N) is 1. The molecule has 0 spiro atoms. The molecule has 1 aliphatic carbocycles. The Morgan fingerprint density at radius 3 is 2.48 bits per heavy atom. The van der Waals surface area contributed by atoms with Crippen molar-refractivity contribution >= 4 is 11.6 Å². The summed E-state index contributed by atoms with van der Waals surface area (Å²) < 4.78 is 0. The fourth-order valence-corrected chi connectivity index (χ4v) is 3.02. The van der Waals surface area contributed by atoms with Crippen LogP contribution < -0.4 is 5.32 Å². The van der Waals surface area contributed by atoms with Crippen molar-refractivity contribution in [3.8, 4) is 0 Å². The van der Waals surface area contributed by atoms with Crippen LogP contribution in [0.2, 0.25) is 0 Å². The number of carbonyl (C=O) groups excluding carboxylic acids is 1. The van der Waals surface area contributed by atoms with E-state index in [0.29, 0.717) is 0 Å². The summed E-state index contributed by atoms with van der Waals surface area (Å²) in [6, 6.07) is 12.2. The topological polar surface area (TPSA) is 29.1 Å². The number of rotatable bonds is 2. The minimum Gasteiger partial charge on any atom is -0.322 e. The second-order valence-corrected chi connectivity index (χ2v) is 5.96. The summed E-state index contributed by atoms with van der Waals surface area (Å²) in [6.07, 6.45) is 4.74. The molecule has 3 rings (SSSR count). The fraction of sp³-hybridized carbons (Fsp3) is 0.316. The number of hydrogen-bond donors (Lipinski definition) is 1. The van der Waals surface area contributed by atoms with E-state index >= 15 is 0 Å². The molecule has 0 saturated heterocycles.